The molecule has 0 aliphatic heterocycles. The lowest BCUT2D eigenvalue weighted by Crippen LogP contribution is -2.20. The van der Waals surface area contributed by atoms with Crippen molar-refractivity contribution in [1.29, 1.82) is 0 Å². The van der Waals surface area contributed by atoms with Gasteiger partial charge < -0.3 is 0 Å². The van der Waals surface area contributed by atoms with E-state index in [9.17, 15) is 0 Å². The highest BCUT2D eigenvalue weighted by atomic mass is 14.4. The molecule has 2 aliphatic carbocycles. The van der Waals surface area contributed by atoms with E-state index in [0.717, 1.165) is 5.92 Å². The molecule has 95 valence electrons. The van der Waals surface area contributed by atoms with Crippen LogP contribution < -0.4 is 0 Å². The van der Waals surface area contributed by atoms with Gasteiger partial charge in [-0.05, 0) is 60.3 Å². The summed E-state index contributed by atoms with van der Waals surface area (Å²) in [5.74, 6) is 2.50. The number of hydrogen-bond acceptors (Lipinski definition) is 0. The van der Waals surface area contributed by atoms with Crippen LogP contribution in [0.15, 0.2) is 48.5 Å². The zero-order valence-electron chi connectivity index (χ0n) is 11.2. The second-order valence-corrected chi connectivity index (χ2v) is 5.89. The maximum atomic E-state index is 2.33. The third-order valence-electron chi connectivity index (χ3n) is 4.87. The van der Waals surface area contributed by atoms with Crippen LogP contribution in [0.25, 0.3) is 0 Å². The summed E-state index contributed by atoms with van der Waals surface area (Å²) in [7, 11) is 0. The van der Waals surface area contributed by atoms with Crippen LogP contribution in [0.5, 0.6) is 0 Å². The normalized spacial score (nSPS) is 22.0. The van der Waals surface area contributed by atoms with E-state index in [0.29, 0.717) is 0 Å². The lowest BCUT2D eigenvalue weighted by Gasteiger charge is -2.29. The van der Waals surface area contributed by atoms with Crippen LogP contribution in [0.2, 0.25) is 0 Å². The summed E-state index contributed by atoms with van der Waals surface area (Å²) >= 11 is 0. The molecule has 0 N–H and O–H groups in total. The van der Waals surface area contributed by atoms with Crippen molar-refractivity contribution in [2.24, 2.45) is 5.92 Å². The van der Waals surface area contributed by atoms with E-state index in [4.69, 9.17) is 0 Å². The molecule has 2 aromatic rings. The standard InChI is InChI=1S/C19H19/c1-2-7-16-13-17(10-9-14(16)5-1)19-12-11-15-6-3-4-8-18(15)19/h1-8,17H,9-13H2. The summed E-state index contributed by atoms with van der Waals surface area (Å²) in [5.41, 5.74) is 6.28. The maximum absolute atomic E-state index is 2.33. The smallest absolute Gasteiger partial charge is 0.00901 e. The molecule has 0 nitrogen and oxygen atoms in total. The van der Waals surface area contributed by atoms with Gasteiger partial charge in [-0.3, -0.25) is 0 Å². The summed E-state index contributed by atoms with van der Waals surface area (Å²) in [4.78, 5) is 0. The fourth-order valence-electron chi connectivity index (χ4n) is 3.87. The number of fused-ring (bicyclic) bond motifs is 2. The highest BCUT2D eigenvalue weighted by Gasteiger charge is 2.32. The monoisotopic (exact) mass is 247 g/mol. The molecule has 1 radical (unpaired) electrons. The summed E-state index contributed by atoms with van der Waals surface area (Å²) in [5, 5.41) is 0. The Bertz CT molecular complexity index is 596. The first-order chi connectivity index (χ1) is 9.42. The number of hydrogen-bond donors (Lipinski definition) is 0. The van der Waals surface area contributed by atoms with Gasteiger partial charge in [-0.1, -0.05) is 48.5 Å². The lowest BCUT2D eigenvalue weighted by atomic mass is 9.75. The molecule has 2 aliphatic rings. The number of benzene rings is 2. The minimum atomic E-state index is 0.776. The second kappa shape index (κ2) is 4.52. The van der Waals surface area contributed by atoms with Gasteiger partial charge in [0.25, 0.3) is 0 Å². The van der Waals surface area contributed by atoms with Crippen molar-refractivity contribution in [3.63, 3.8) is 0 Å². The third-order valence-corrected chi connectivity index (χ3v) is 4.87. The van der Waals surface area contributed by atoms with Gasteiger partial charge in [-0.25, -0.2) is 0 Å². The molecule has 0 bridgehead atoms. The Labute approximate surface area is 115 Å². The zero-order valence-corrected chi connectivity index (χ0v) is 11.2. The lowest BCUT2D eigenvalue weighted by molar-refractivity contribution is 0.473. The summed E-state index contributed by atoms with van der Waals surface area (Å²) in [6, 6.07) is 18.0. The SMILES string of the molecule is c1ccc2c(c1)CCC([C]1CCc3ccccc31)C2. The van der Waals surface area contributed by atoms with Crippen molar-refractivity contribution in [3.8, 4) is 0 Å². The van der Waals surface area contributed by atoms with Crippen LogP contribution in [0.1, 0.15) is 35.1 Å². The fourth-order valence-corrected chi connectivity index (χ4v) is 3.87. The minimum Gasteiger partial charge on any atom is -0.0620 e. The Morgan fingerprint density at radius 3 is 2.32 bits per heavy atom. The molecule has 0 amide bonds. The Morgan fingerprint density at radius 2 is 1.42 bits per heavy atom. The third kappa shape index (κ3) is 1.90. The summed E-state index contributed by atoms with van der Waals surface area (Å²) in [6.07, 6.45) is 6.38. The second-order valence-electron chi connectivity index (χ2n) is 5.89. The number of aryl methyl sites for hydroxylation is 2. The highest BCUT2D eigenvalue weighted by Crippen LogP contribution is 2.42. The van der Waals surface area contributed by atoms with E-state index in [2.05, 4.69) is 48.5 Å². The van der Waals surface area contributed by atoms with Crippen LogP contribution in [0.3, 0.4) is 0 Å². The van der Waals surface area contributed by atoms with Crippen molar-refractivity contribution >= 4 is 0 Å². The van der Waals surface area contributed by atoms with Gasteiger partial charge in [0.1, 0.15) is 0 Å². The quantitative estimate of drug-likeness (QED) is 0.702. The van der Waals surface area contributed by atoms with Gasteiger partial charge in [-0.15, -0.1) is 0 Å². The van der Waals surface area contributed by atoms with Crippen LogP contribution in [0, 0.1) is 11.8 Å². The molecule has 4 rings (SSSR count). The molecule has 1 unspecified atom stereocenters. The van der Waals surface area contributed by atoms with E-state index >= 15 is 0 Å². The van der Waals surface area contributed by atoms with Crippen LogP contribution in [0.4, 0.5) is 0 Å². The molecular weight excluding hydrogens is 228 g/mol. The van der Waals surface area contributed by atoms with Gasteiger partial charge in [0.05, 0.1) is 0 Å². The highest BCUT2D eigenvalue weighted by molar-refractivity contribution is 5.46. The van der Waals surface area contributed by atoms with Crippen molar-refractivity contribution < 1.29 is 0 Å². The molecule has 19 heavy (non-hydrogen) atoms. The van der Waals surface area contributed by atoms with Gasteiger partial charge in [0, 0.05) is 5.92 Å². The molecule has 2 aromatic carbocycles. The molecule has 0 heteroatoms. The molecular formula is C19H19. The molecule has 0 heterocycles. The van der Waals surface area contributed by atoms with E-state index in [1.165, 1.54) is 32.1 Å². The largest absolute Gasteiger partial charge is 0.0620 e. The Morgan fingerprint density at radius 1 is 0.684 bits per heavy atom. The Hall–Kier alpha value is -1.56. The molecule has 0 spiro atoms. The molecule has 0 saturated heterocycles. The zero-order chi connectivity index (χ0) is 12.7. The molecule has 1 atom stereocenters. The van der Waals surface area contributed by atoms with Crippen LogP contribution in [-0.2, 0) is 19.3 Å². The fraction of sp³-hybridized carbons (Fsp3) is 0.316. The summed E-state index contributed by atoms with van der Waals surface area (Å²) < 4.78 is 0. The van der Waals surface area contributed by atoms with Crippen molar-refractivity contribution in [3.05, 3.63) is 76.7 Å². The van der Waals surface area contributed by atoms with E-state index < -0.39 is 0 Å². The average molecular weight is 247 g/mol. The van der Waals surface area contributed by atoms with Crippen molar-refractivity contribution in [2.45, 2.75) is 32.1 Å². The topological polar surface area (TPSA) is 0 Å². The molecule has 0 saturated carbocycles. The Balaban J connectivity index is 1.63. The maximum Gasteiger partial charge on any atom is 0.00901 e. The average Bonchev–Trinajstić information content (AvgIpc) is 2.91. The van der Waals surface area contributed by atoms with Crippen molar-refractivity contribution in [2.75, 3.05) is 0 Å². The van der Waals surface area contributed by atoms with Gasteiger partial charge in [0.2, 0.25) is 0 Å². The van der Waals surface area contributed by atoms with Gasteiger partial charge in [0.15, 0.2) is 0 Å². The predicted molar refractivity (Wildman–Crippen MR) is 79.1 cm³/mol. The van der Waals surface area contributed by atoms with Gasteiger partial charge >= 0.3 is 0 Å². The predicted octanol–water partition coefficient (Wildman–Crippen LogP) is 4.36. The first-order valence-corrected chi connectivity index (χ1v) is 7.42. The van der Waals surface area contributed by atoms with E-state index in [1.54, 1.807) is 28.2 Å². The molecule has 0 aromatic heterocycles. The van der Waals surface area contributed by atoms with Gasteiger partial charge in [-0.2, -0.15) is 0 Å². The first-order valence-electron chi connectivity index (χ1n) is 7.42. The first kappa shape index (κ1) is 11.3. The van der Waals surface area contributed by atoms with Crippen LogP contribution >= 0.6 is 0 Å². The minimum absolute atomic E-state index is 0.776. The summed E-state index contributed by atoms with van der Waals surface area (Å²) in [6.45, 7) is 0. The van der Waals surface area contributed by atoms with E-state index in [1.807, 2.05) is 0 Å². The van der Waals surface area contributed by atoms with Crippen molar-refractivity contribution in [1.82, 2.24) is 0 Å². The van der Waals surface area contributed by atoms with Crippen LogP contribution in [-0.4, -0.2) is 0 Å². The van der Waals surface area contributed by atoms with E-state index in [-0.39, 0.29) is 0 Å². The number of rotatable bonds is 1. The molecule has 0 fully saturated rings. The Kier molecular flexibility index (Phi) is 2.69.